The van der Waals surface area contributed by atoms with E-state index in [0.29, 0.717) is 10.8 Å². The van der Waals surface area contributed by atoms with Gasteiger partial charge in [0.25, 0.3) is 0 Å². The molecule has 0 heterocycles. The highest BCUT2D eigenvalue weighted by atomic mass is 16.3. The lowest BCUT2D eigenvalue weighted by Crippen LogP contribution is -2.61. The predicted molar refractivity (Wildman–Crippen MR) is 86.2 cm³/mol. The molecule has 0 aliphatic heterocycles. The molecule has 4 atom stereocenters. The van der Waals surface area contributed by atoms with Crippen molar-refractivity contribution >= 4 is 5.91 Å². The van der Waals surface area contributed by atoms with Gasteiger partial charge in [-0.15, -0.1) is 0 Å². The molecule has 0 spiro atoms. The summed E-state index contributed by atoms with van der Waals surface area (Å²) in [6, 6.07) is -0.00475. The van der Waals surface area contributed by atoms with Gasteiger partial charge in [0.15, 0.2) is 0 Å². The third-order valence-electron chi connectivity index (χ3n) is 7.15. The molecule has 0 aromatic heterocycles. The van der Waals surface area contributed by atoms with Gasteiger partial charge in [0.2, 0.25) is 5.91 Å². The van der Waals surface area contributed by atoms with Crippen LogP contribution in [0.3, 0.4) is 0 Å². The monoisotopic (exact) mass is 305 g/mol. The maximum Gasteiger partial charge on any atom is 0.226 e. The molecular weight excluding hydrogens is 274 g/mol. The lowest BCUT2D eigenvalue weighted by atomic mass is 9.40. The predicted octanol–water partition coefficient (Wildman–Crippen LogP) is 3.40. The van der Waals surface area contributed by atoms with Crippen LogP contribution in [0.25, 0.3) is 0 Å². The van der Waals surface area contributed by atoms with Gasteiger partial charge in [-0.05, 0) is 68.1 Å². The van der Waals surface area contributed by atoms with E-state index < -0.39 is 0 Å². The second kappa shape index (κ2) is 4.72. The molecule has 3 heteroatoms. The van der Waals surface area contributed by atoms with Crippen molar-refractivity contribution in [3.05, 3.63) is 0 Å². The molecular formula is C19H31NO2. The van der Waals surface area contributed by atoms with Gasteiger partial charge in [0.05, 0.1) is 17.6 Å². The fourth-order valence-electron chi connectivity index (χ4n) is 7.30. The topological polar surface area (TPSA) is 49.3 Å². The highest BCUT2D eigenvalue weighted by Crippen LogP contribution is 2.69. The molecule has 3 nitrogen and oxygen atoms in total. The molecule has 5 fully saturated rings. The van der Waals surface area contributed by atoms with E-state index in [1.807, 2.05) is 0 Å². The Kier molecular flexibility index (Phi) is 3.21. The summed E-state index contributed by atoms with van der Waals surface area (Å²) in [5.41, 5.74) is 0.605. The first-order valence-electron chi connectivity index (χ1n) is 9.31. The Morgan fingerprint density at radius 1 is 1.00 bits per heavy atom. The van der Waals surface area contributed by atoms with Crippen molar-refractivity contribution in [2.24, 2.45) is 22.2 Å². The number of aliphatic hydroxyl groups is 1. The van der Waals surface area contributed by atoms with E-state index in [4.69, 9.17) is 0 Å². The largest absolute Gasteiger partial charge is 0.391 e. The summed E-state index contributed by atoms with van der Waals surface area (Å²) in [5, 5.41) is 13.5. The third kappa shape index (κ3) is 2.31. The molecule has 5 aliphatic carbocycles. The summed E-state index contributed by atoms with van der Waals surface area (Å²) in [5.74, 6) is 1.01. The molecule has 2 N–H and O–H groups in total. The van der Waals surface area contributed by atoms with Crippen LogP contribution in [0.5, 0.6) is 0 Å². The molecule has 5 saturated carbocycles. The smallest absolute Gasteiger partial charge is 0.226 e. The van der Waals surface area contributed by atoms with Crippen LogP contribution in [-0.4, -0.2) is 23.2 Å². The van der Waals surface area contributed by atoms with Crippen LogP contribution in [0.15, 0.2) is 0 Å². The van der Waals surface area contributed by atoms with E-state index in [-0.39, 0.29) is 23.5 Å². The lowest BCUT2D eigenvalue weighted by Gasteiger charge is -2.64. The van der Waals surface area contributed by atoms with Crippen molar-refractivity contribution in [1.82, 2.24) is 5.32 Å². The molecule has 4 bridgehead atoms. The van der Waals surface area contributed by atoms with E-state index in [0.717, 1.165) is 50.9 Å². The Morgan fingerprint density at radius 3 is 2.23 bits per heavy atom. The minimum Gasteiger partial charge on any atom is -0.391 e. The zero-order valence-corrected chi connectivity index (χ0v) is 14.2. The molecule has 1 amide bonds. The van der Waals surface area contributed by atoms with Crippen LogP contribution >= 0.6 is 0 Å². The molecule has 0 saturated heterocycles. The van der Waals surface area contributed by atoms with Gasteiger partial charge >= 0.3 is 0 Å². The van der Waals surface area contributed by atoms with Crippen molar-refractivity contribution < 1.29 is 9.90 Å². The maximum absolute atomic E-state index is 13.2. The van der Waals surface area contributed by atoms with Gasteiger partial charge in [0, 0.05) is 0 Å². The van der Waals surface area contributed by atoms with Gasteiger partial charge in [-0.25, -0.2) is 0 Å². The summed E-state index contributed by atoms with van der Waals surface area (Å²) >= 11 is 0. The van der Waals surface area contributed by atoms with Gasteiger partial charge < -0.3 is 10.4 Å². The molecule has 124 valence electrons. The summed E-state index contributed by atoms with van der Waals surface area (Å²) in [4.78, 5) is 13.2. The van der Waals surface area contributed by atoms with Crippen LogP contribution < -0.4 is 5.32 Å². The first-order chi connectivity index (χ1) is 10.3. The van der Waals surface area contributed by atoms with Crippen LogP contribution in [0.2, 0.25) is 0 Å². The van der Waals surface area contributed by atoms with Crippen LogP contribution in [0.1, 0.15) is 78.1 Å². The van der Waals surface area contributed by atoms with E-state index in [2.05, 4.69) is 19.2 Å². The van der Waals surface area contributed by atoms with Crippen LogP contribution in [0.4, 0.5) is 0 Å². The lowest BCUT2D eigenvalue weighted by molar-refractivity contribution is -0.171. The van der Waals surface area contributed by atoms with Gasteiger partial charge in [0.1, 0.15) is 0 Å². The fraction of sp³-hybridized carbons (Fsp3) is 0.947. The Labute approximate surface area is 134 Å². The first kappa shape index (κ1) is 15.0. The minimum absolute atomic E-state index is 0.00475. The minimum atomic E-state index is -0.335. The van der Waals surface area contributed by atoms with Crippen molar-refractivity contribution in [2.75, 3.05) is 0 Å². The second-order valence-electron chi connectivity index (χ2n) is 9.84. The van der Waals surface area contributed by atoms with Crippen molar-refractivity contribution in [2.45, 2.75) is 90.2 Å². The summed E-state index contributed by atoms with van der Waals surface area (Å²) < 4.78 is 0. The molecule has 2 unspecified atom stereocenters. The van der Waals surface area contributed by atoms with E-state index in [1.54, 1.807) is 0 Å². The van der Waals surface area contributed by atoms with Crippen molar-refractivity contribution in [3.63, 3.8) is 0 Å². The Balaban J connectivity index is 1.55. The van der Waals surface area contributed by atoms with E-state index in [1.165, 1.54) is 19.3 Å². The van der Waals surface area contributed by atoms with Gasteiger partial charge in [-0.3, -0.25) is 4.79 Å². The number of carbonyl (C=O) groups is 1. The average Bonchev–Trinajstić information content (AvgIpc) is 2.37. The quantitative estimate of drug-likeness (QED) is 0.821. The zero-order chi connectivity index (χ0) is 15.6. The van der Waals surface area contributed by atoms with E-state index >= 15 is 0 Å². The SMILES string of the molecule is CC12CC3CC(C)(C1)CC(C(=O)N[C@H]1CCCC[C@@H]1O)(C3)C2. The summed E-state index contributed by atoms with van der Waals surface area (Å²) in [6.07, 6.45) is 10.9. The maximum atomic E-state index is 13.2. The number of hydrogen-bond donors (Lipinski definition) is 2. The summed E-state index contributed by atoms with van der Waals surface area (Å²) in [7, 11) is 0. The Morgan fingerprint density at radius 2 is 1.64 bits per heavy atom. The fourth-order valence-corrected chi connectivity index (χ4v) is 7.30. The summed E-state index contributed by atoms with van der Waals surface area (Å²) in [6.45, 7) is 4.82. The van der Waals surface area contributed by atoms with Crippen molar-refractivity contribution in [1.29, 1.82) is 0 Å². The highest BCUT2D eigenvalue weighted by Gasteiger charge is 2.62. The molecule has 0 aromatic rings. The number of rotatable bonds is 2. The van der Waals surface area contributed by atoms with Gasteiger partial charge in [-0.2, -0.15) is 0 Å². The molecule has 22 heavy (non-hydrogen) atoms. The standard InChI is InChI=1S/C19H31NO2/c1-17-7-13-8-18(2,10-17)12-19(9-13,11-17)16(22)20-14-5-3-4-6-15(14)21/h13-15,21H,3-12H2,1-2H3,(H,20,22)/t13?,14-,15-,17?,18?,19?/m0/s1. The average molecular weight is 305 g/mol. The molecule has 5 rings (SSSR count). The van der Waals surface area contributed by atoms with Crippen LogP contribution in [-0.2, 0) is 4.79 Å². The first-order valence-corrected chi connectivity index (χ1v) is 9.31. The number of hydrogen-bond acceptors (Lipinski definition) is 2. The Hall–Kier alpha value is -0.570. The van der Waals surface area contributed by atoms with E-state index in [9.17, 15) is 9.90 Å². The van der Waals surface area contributed by atoms with Crippen molar-refractivity contribution in [3.8, 4) is 0 Å². The Bertz CT molecular complexity index is 470. The highest BCUT2D eigenvalue weighted by molar-refractivity contribution is 5.83. The zero-order valence-electron chi connectivity index (χ0n) is 14.2. The third-order valence-corrected chi connectivity index (χ3v) is 7.15. The molecule has 0 aromatic carbocycles. The van der Waals surface area contributed by atoms with Gasteiger partial charge in [-0.1, -0.05) is 26.7 Å². The normalized spacial score (nSPS) is 53.5. The number of carbonyl (C=O) groups excluding carboxylic acids is 1. The molecule has 0 radical (unpaired) electrons. The van der Waals surface area contributed by atoms with Crippen LogP contribution in [0, 0.1) is 22.2 Å². The number of aliphatic hydroxyl groups excluding tert-OH is 1. The number of amides is 1. The second-order valence-corrected chi connectivity index (χ2v) is 9.84. The number of nitrogens with one attached hydrogen (secondary N) is 1. The molecule has 5 aliphatic rings.